The molecule has 1 saturated heterocycles. The molecule has 0 unspecified atom stereocenters. The summed E-state index contributed by atoms with van der Waals surface area (Å²) in [5, 5.41) is 2.74. The first kappa shape index (κ1) is 18.5. The number of ether oxygens (including phenoxy) is 1. The highest BCUT2D eigenvalue weighted by atomic mass is 19.3. The van der Waals surface area contributed by atoms with Gasteiger partial charge in [0.25, 0.3) is 5.91 Å². The first-order chi connectivity index (χ1) is 12.3. The molecule has 2 fully saturated rings. The number of carbonyl (C=O) groups is 2. The number of benzene rings is 1. The highest BCUT2D eigenvalue weighted by Crippen LogP contribution is 2.39. The van der Waals surface area contributed by atoms with Gasteiger partial charge in [0.1, 0.15) is 11.3 Å². The van der Waals surface area contributed by atoms with Crippen LogP contribution in [0.4, 0.5) is 17.6 Å². The van der Waals surface area contributed by atoms with Gasteiger partial charge in [0.15, 0.2) is 0 Å². The van der Waals surface area contributed by atoms with Crippen LogP contribution in [0.25, 0.3) is 0 Å². The fourth-order valence-electron chi connectivity index (χ4n) is 3.60. The average Bonchev–Trinajstić information content (AvgIpc) is 3.07. The lowest BCUT2D eigenvalue weighted by Crippen LogP contribution is -2.65. The van der Waals surface area contributed by atoms with Crippen LogP contribution in [0, 0.1) is 0 Å². The molecule has 1 N–H and O–H groups in total. The Balaban J connectivity index is 1.94. The Morgan fingerprint density at radius 1 is 1.23 bits per heavy atom. The number of hydrogen-bond donors (Lipinski definition) is 1. The van der Waals surface area contributed by atoms with Crippen LogP contribution in [0.1, 0.15) is 36.0 Å². The van der Waals surface area contributed by atoms with E-state index in [0.29, 0.717) is 12.8 Å². The minimum atomic E-state index is -4.72. The maximum atomic E-state index is 13.3. The fourth-order valence-corrected chi connectivity index (χ4v) is 3.60. The van der Waals surface area contributed by atoms with Crippen LogP contribution in [0.2, 0.25) is 0 Å². The molecule has 2 amide bonds. The van der Waals surface area contributed by atoms with E-state index in [4.69, 9.17) is 0 Å². The molecule has 0 radical (unpaired) electrons. The van der Waals surface area contributed by atoms with Crippen molar-refractivity contribution >= 4 is 11.8 Å². The standard InChI is InChI=1S/C17H18F4N2O3/c18-14(19)17(20,21)26-12-6-2-1-5-11(12)13(24)23-10-9-22-15(25)16(23)7-3-4-8-16/h1-2,5-6,14H,3-4,7-10H2,(H,22,25). The van der Waals surface area contributed by atoms with Crippen molar-refractivity contribution in [3.05, 3.63) is 29.8 Å². The molecule has 26 heavy (non-hydrogen) atoms. The predicted octanol–water partition coefficient (Wildman–Crippen LogP) is 2.81. The van der Waals surface area contributed by atoms with Crippen LogP contribution < -0.4 is 10.1 Å². The number of nitrogens with one attached hydrogen (secondary N) is 1. The number of carbonyl (C=O) groups excluding carboxylic acids is 2. The highest BCUT2D eigenvalue weighted by Gasteiger charge is 2.51. The number of rotatable bonds is 4. The Labute approximate surface area is 147 Å². The van der Waals surface area contributed by atoms with E-state index >= 15 is 0 Å². The molecule has 5 nitrogen and oxygen atoms in total. The van der Waals surface area contributed by atoms with Crippen molar-refractivity contribution in [2.45, 2.75) is 43.8 Å². The maximum absolute atomic E-state index is 13.3. The largest absolute Gasteiger partial charge is 0.461 e. The molecule has 1 aliphatic heterocycles. The molecule has 0 aromatic heterocycles. The Hall–Kier alpha value is -2.32. The summed E-state index contributed by atoms with van der Waals surface area (Å²) in [6, 6.07) is 5.00. The van der Waals surface area contributed by atoms with Crippen molar-refractivity contribution in [2.24, 2.45) is 0 Å². The lowest BCUT2D eigenvalue weighted by Gasteiger charge is -2.43. The zero-order valence-corrected chi connectivity index (χ0v) is 13.8. The summed E-state index contributed by atoms with van der Waals surface area (Å²) in [6.45, 7) is 0.451. The molecule has 1 saturated carbocycles. The van der Waals surface area contributed by atoms with Gasteiger partial charge in [-0.1, -0.05) is 25.0 Å². The third kappa shape index (κ3) is 3.10. The number of hydrogen-bond acceptors (Lipinski definition) is 3. The zero-order valence-electron chi connectivity index (χ0n) is 13.8. The van der Waals surface area contributed by atoms with E-state index in [1.54, 1.807) is 0 Å². The van der Waals surface area contributed by atoms with Crippen molar-refractivity contribution < 1.29 is 31.9 Å². The minimum Gasteiger partial charge on any atom is -0.427 e. The summed E-state index contributed by atoms with van der Waals surface area (Å²) in [5.41, 5.74) is -1.29. The van der Waals surface area contributed by atoms with Crippen LogP contribution in [0.3, 0.4) is 0 Å². The van der Waals surface area contributed by atoms with E-state index in [-0.39, 0.29) is 24.6 Å². The molecule has 2 aliphatic rings. The van der Waals surface area contributed by atoms with E-state index in [1.807, 2.05) is 0 Å². The molecule has 1 aromatic rings. The van der Waals surface area contributed by atoms with E-state index in [9.17, 15) is 27.2 Å². The van der Waals surface area contributed by atoms with Gasteiger partial charge in [-0.15, -0.1) is 0 Å². The van der Waals surface area contributed by atoms with Crippen molar-refractivity contribution in [2.75, 3.05) is 13.1 Å². The van der Waals surface area contributed by atoms with Gasteiger partial charge >= 0.3 is 12.5 Å². The quantitative estimate of drug-likeness (QED) is 0.825. The predicted molar refractivity (Wildman–Crippen MR) is 83.3 cm³/mol. The van der Waals surface area contributed by atoms with Gasteiger partial charge in [-0.2, -0.15) is 17.6 Å². The Morgan fingerprint density at radius 2 is 1.88 bits per heavy atom. The van der Waals surface area contributed by atoms with Crippen LogP contribution in [-0.4, -0.2) is 47.9 Å². The van der Waals surface area contributed by atoms with E-state index in [0.717, 1.165) is 18.9 Å². The summed E-state index contributed by atoms with van der Waals surface area (Å²) in [5.74, 6) is -1.59. The average molecular weight is 374 g/mol. The third-order valence-corrected chi connectivity index (χ3v) is 4.85. The third-order valence-electron chi connectivity index (χ3n) is 4.85. The molecular weight excluding hydrogens is 356 g/mol. The SMILES string of the molecule is O=C(c1ccccc1OC(F)(F)C(F)F)N1CCNC(=O)C12CCCC2. The summed E-state index contributed by atoms with van der Waals surface area (Å²) >= 11 is 0. The topological polar surface area (TPSA) is 58.6 Å². The van der Waals surface area contributed by atoms with Crippen LogP contribution >= 0.6 is 0 Å². The number of alkyl halides is 4. The van der Waals surface area contributed by atoms with Crippen LogP contribution in [0.5, 0.6) is 5.75 Å². The van der Waals surface area contributed by atoms with Crippen LogP contribution in [-0.2, 0) is 4.79 Å². The van der Waals surface area contributed by atoms with Gasteiger partial charge in [-0.25, -0.2) is 0 Å². The highest BCUT2D eigenvalue weighted by molar-refractivity contribution is 6.01. The normalized spacial score (nSPS) is 19.7. The Morgan fingerprint density at radius 3 is 2.54 bits per heavy atom. The first-order valence-corrected chi connectivity index (χ1v) is 8.32. The molecule has 1 aliphatic carbocycles. The molecule has 0 atom stereocenters. The number of nitrogens with zero attached hydrogens (tertiary/aromatic N) is 1. The van der Waals surface area contributed by atoms with Gasteiger partial charge < -0.3 is 15.0 Å². The summed E-state index contributed by atoms with van der Waals surface area (Å²) < 4.78 is 55.7. The summed E-state index contributed by atoms with van der Waals surface area (Å²) in [7, 11) is 0. The Bertz CT molecular complexity index is 705. The van der Waals surface area contributed by atoms with Gasteiger partial charge in [0, 0.05) is 13.1 Å². The molecule has 1 spiro atoms. The van der Waals surface area contributed by atoms with E-state index in [1.165, 1.54) is 23.1 Å². The second kappa shape index (κ2) is 6.77. The molecule has 0 bridgehead atoms. The molecular formula is C17H18F4N2O3. The lowest BCUT2D eigenvalue weighted by molar-refractivity contribution is -0.253. The fraction of sp³-hybridized carbons (Fsp3) is 0.529. The van der Waals surface area contributed by atoms with Gasteiger partial charge in [0.2, 0.25) is 5.91 Å². The monoisotopic (exact) mass is 374 g/mol. The van der Waals surface area contributed by atoms with Crippen molar-refractivity contribution in [3.63, 3.8) is 0 Å². The second-order valence-electron chi connectivity index (χ2n) is 6.41. The number of amides is 2. The van der Waals surface area contributed by atoms with Gasteiger partial charge in [-0.3, -0.25) is 9.59 Å². The summed E-state index contributed by atoms with van der Waals surface area (Å²) in [6.07, 6.45) is -6.28. The maximum Gasteiger partial charge on any atom is 0.461 e. The molecule has 1 aromatic carbocycles. The van der Waals surface area contributed by atoms with Crippen molar-refractivity contribution in [1.82, 2.24) is 10.2 Å². The van der Waals surface area contributed by atoms with E-state index < -0.39 is 29.7 Å². The van der Waals surface area contributed by atoms with Gasteiger partial charge in [0.05, 0.1) is 5.56 Å². The molecule has 142 valence electrons. The lowest BCUT2D eigenvalue weighted by atomic mass is 9.90. The first-order valence-electron chi connectivity index (χ1n) is 8.32. The molecule has 1 heterocycles. The molecule has 3 rings (SSSR count). The van der Waals surface area contributed by atoms with Crippen molar-refractivity contribution in [1.29, 1.82) is 0 Å². The zero-order chi connectivity index (χ0) is 18.9. The number of halogens is 4. The molecule has 9 heteroatoms. The number of para-hydroxylation sites is 1. The van der Waals surface area contributed by atoms with Crippen LogP contribution in [0.15, 0.2) is 24.3 Å². The Kier molecular flexibility index (Phi) is 4.81. The van der Waals surface area contributed by atoms with Crippen molar-refractivity contribution in [3.8, 4) is 5.75 Å². The minimum absolute atomic E-state index is 0.212. The smallest absolute Gasteiger partial charge is 0.427 e. The van der Waals surface area contributed by atoms with E-state index in [2.05, 4.69) is 10.1 Å². The van der Waals surface area contributed by atoms with Gasteiger partial charge in [-0.05, 0) is 25.0 Å². The number of piperazine rings is 1. The second-order valence-corrected chi connectivity index (χ2v) is 6.41. The summed E-state index contributed by atoms with van der Waals surface area (Å²) in [4.78, 5) is 26.8.